The topological polar surface area (TPSA) is 38.3 Å². The van der Waals surface area contributed by atoms with Crippen molar-refractivity contribution in [1.29, 1.82) is 0 Å². The fourth-order valence-electron chi connectivity index (χ4n) is 2.33. The number of amides is 1. The summed E-state index contributed by atoms with van der Waals surface area (Å²) in [5.41, 5.74) is 2.38. The van der Waals surface area contributed by atoms with Crippen LogP contribution in [0.5, 0.6) is 0 Å². The van der Waals surface area contributed by atoms with Crippen LogP contribution in [0.15, 0.2) is 24.3 Å². The van der Waals surface area contributed by atoms with Crippen LogP contribution in [0.1, 0.15) is 30.4 Å². The van der Waals surface area contributed by atoms with Gasteiger partial charge < -0.3 is 10.1 Å². The zero-order valence-electron chi connectivity index (χ0n) is 10.9. The minimum atomic E-state index is 0.131. The standard InChI is InChI=1S/C15H21NO2/c1-12-4-2-5-13(8-12)10-16-15(17)9-14-6-3-7-18-11-14/h2,4-5,8,14H,3,6-7,9-11H2,1H3,(H,16,17). The summed E-state index contributed by atoms with van der Waals surface area (Å²) >= 11 is 0. The maximum atomic E-state index is 11.8. The van der Waals surface area contributed by atoms with Gasteiger partial charge in [0.2, 0.25) is 5.91 Å². The van der Waals surface area contributed by atoms with Gasteiger partial charge in [-0.2, -0.15) is 0 Å². The highest BCUT2D eigenvalue weighted by molar-refractivity contribution is 5.76. The highest BCUT2D eigenvalue weighted by Gasteiger charge is 2.17. The number of benzene rings is 1. The second-order valence-electron chi connectivity index (χ2n) is 5.05. The third kappa shape index (κ3) is 4.15. The molecule has 1 fully saturated rings. The highest BCUT2D eigenvalue weighted by Crippen LogP contribution is 2.16. The van der Waals surface area contributed by atoms with E-state index >= 15 is 0 Å². The molecule has 1 N–H and O–H groups in total. The predicted molar refractivity (Wildman–Crippen MR) is 71.2 cm³/mol. The Morgan fingerprint density at radius 3 is 3.11 bits per heavy atom. The van der Waals surface area contributed by atoms with Crippen molar-refractivity contribution in [2.45, 2.75) is 32.7 Å². The molecule has 18 heavy (non-hydrogen) atoms. The van der Waals surface area contributed by atoms with Gasteiger partial charge in [-0.15, -0.1) is 0 Å². The molecule has 1 heterocycles. The SMILES string of the molecule is Cc1cccc(CNC(=O)CC2CCCOC2)c1. The first-order valence-corrected chi connectivity index (χ1v) is 6.64. The van der Waals surface area contributed by atoms with E-state index in [4.69, 9.17) is 4.74 Å². The van der Waals surface area contributed by atoms with Crippen LogP contribution in [0.3, 0.4) is 0 Å². The number of carbonyl (C=O) groups excluding carboxylic acids is 1. The molecule has 3 nitrogen and oxygen atoms in total. The summed E-state index contributed by atoms with van der Waals surface area (Å²) in [7, 11) is 0. The Morgan fingerprint density at radius 1 is 1.50 bits per heavy atom. The average Bonchev–Trinajstić information content (AvgIpc) is 2.38. The van der Waals surface area contributed by atoms with Crippen LogP contribution >= 0.6 is 0 Å². The van der Waals surface area contributed by atoms with Crippen LogP contribution in [0.4, 0.5) is 0 Å². The second-order valence-corrected chi connectivity index (χ2v) is 5.05. The molecule has 1 aromatic rings. The van der Waals surface area contributed by atoms with Crippen molar-refractivity contribution in [2.24, 2.45) is 5.92 Å². The van der Waals surface area contributed by atoms with Crippen LogP contribution in [0.2, 0.25) is 0 Å². The van der Waals surface area contributed by atoms with E-state index in [1.807, 2.05) is 12.1 Å². The normalized spacial score (nSPS) is 19.5. The maximum Gasteiger partial charge on any atom is 0.220 e. The summed E-state index contributed by atoms with van der Waals surface area (Å²) in [4.78, 5) is 11.8. The molecule has 0 radical (unpaired) electrons. The van der Waals surface area contributed by atoms with E-state index in [-0.39, 0.29) is 5.91 Å². The van der Waals surface area contributed by atoms with Crippen LogP contribution in [-0.2, 0) is 16.1 Å². The Kier molecular flexibility index (Phi) is 4.76. The maximum absolute atomic E-state index is 11.8. The number of carbonyl (C=O) groups is 1. The second kappa shape index (κ2) is 6.55. The van der Waals surface area contributed by atoms with Gasteiger partial charge in [-0.05, 0) is 31.2 Å². The first kappa shape index (κ1) is 13.1. The monoisotopic (exact) mass is 247 g/mol. The van der Waals surface area contributed by atoms with Crippen molar-refractivity contribution < 1.29 is 9.53 Å². The molecule has 1 aromatic carbocycles. The van der Waals surface area contributed by atoms with Crippen molar-refractivity contribution in [3.05, 3.63) is 35.4 Å². The largest absolute Gasteiger partial charge is 0.381 e. The Bertz CT molecular complexity index is 397. The zero-order chi connectivity index (χ0) is 12.8. The number of hydrogen-bond donors (Lipinski definition) is 1. The van der Waals surface area contributed by atoms with E-state index < -0.39 is 0 Å². The van der Waals surface area contributed by atoms with E-state index in [1.165, 1.54) is 5.56 Å². The van der Waals surface area contributed by atoms with Crippen molar-refractivity contribution in [1.82, 2.24) is 5.32 Å². The van der Waals surface area contributed by atoms with E-state index in [1.54, 1.807) is 0 Å². The van der Waals surface area contributed by atoms with E-state index in [0.29, 0.717) is 18.9 Å². The molecule has 0 bridgehead atoms. The molecule has 1 amide bonds. The fourth-order valence-corrected chi connectivity index (χ4v) is 2.33. The lowest BCUT2D eigenvalue weighted by Gasteiger charge is -2.21. The Labute approximate surface area is 109 Å². The minimum Gasteiger partial charge on any atom is -0.381 e. The van der Waals surface area contributed by atoms with Crippen LogP contribution in [0.25, 0.3) is 0 Å². The molecular formula is C15H21NO2. The molecule has 1 atom stereocenters. The first-order chi connectivity index (χ1) is 8.74. The molecule has 1 aliphatic rings. The summed E-state index contributed by atoms with van der Waals surface area (Å²) in [5, 5.41) is 2.98. The fraction of sp³-hybridized carbons (Fsp3) is 0.533. The van der Waals surface area contributed by atoms with Crippen molar-refractivity contribution >= 4 is 5.91 Å². The number of aryl methyl sites for hydroxylation is 1. The van der Waals surface area contributed by atoms with Gasteiger partial charge in [0, 0.05) is 26.2 Å². The van der Waals surface area contributed by atoms with E-state index in [2.05, 4.69) is 24.4 Å². The highest BCUT2D eigenvalue weighted by atomic mass is 16.5. The molecule has 0 aromatic heterocycles. The van der Waals surface area contributed by atoms with Gasteiger partial charge in [0.25, 0.3) is 0 Å². The number of nitrogens with one attached hydrogen (secondary N) is 1. The quantitative estimate of drug-likeness (QED) is 0.887. The summed E-state index contributed by atoms with van der Waals surface area (Å²) < 4.78 is 5.38. The van der Waals surface area contributed by atoms with Crippen LogP contribution in [0, 0.1) is 12.8 Å². The number of ether oxygens (including phenoxy) is 1. The van der Waals surface area contributed by atoms with Gasteiger partial charge in [-0.25, -0.2) is 0 Å². The molecule has 1 unspecified atom stereocenters. The predicted octanol–water partition coefficient (Wildman–Crippen LogP) is 2.43. The Balaban J connectivity index is 1.74. The Hall–Kier alpha value is -1.35. The third-order valence-corrected chi connectivity index (χ3v) is 3.30. The molecule has 0 aliphatic carbocycles. The van der Waals surface area contributed by atoms with Gasteiger partial charge in [0.1, 0.15) is 0 Å². The lowest BCUT2D eigenvalue weighted by Crippen LogP contribution is -2.28. The van der Waals surface area contributed by atoms with Crippen molar-refractivity contribution in [3.8, 4) is 0 Å². The van der Waals surface area contributed by atoms with Crippen LogP contribution in [-0.4, -0.2) is 19.1 Å². The molecule has 0 saturated carbocycles. The molecule has 2 rings (SSSR count). The number of rotatable bonds is 4. The van der Waals surface area contributed by atoms with Crippen molar-refractivity contribution in [2.75, 3.05) is 13.2 Å². The summed E-state index contributed by atoms with van der Waals surface area (Å²) in [6.07, 6.45) is 2.78. The van der Waals surface area contributed by atoms with Crippen molar-refractivity contribution in [3.63, 3.8) is 0 Å². The van der Waals surface area contributed by atoms with E-state index in [0.717, 1.165) is 31.6 Å². The number of hydrogen-bond acceptors (Lipinski definition) is 2. The molecule has 98 valence electrons. The summed E-state index contributed by atoms with van der Waals surface area (Å²) in [6, 6.07) is 8.22. The van der Waals surface area contributed by atoms with Gasteiger partial charge in [0.05, 0.1) is 0 Å². The summed E-state index contributed by atoms with van der Waals surface area (Å²) in [6.45, 7) is 4.26. The minimum absolute atomic E-state index is 0.131. The van der Waals surface area contributed by atoms with Crippen LogP contribution < -0.4 is 5.32 Å². The molecule has 3 heteroatoms. The lowest BCUT2D eigenvalue weighted by molar-refractivity contribution is -0.123. The van der Waals surface area contributed by atoms with Gasteiger partial charge in [-0.3, -0.25) is 4.79 Å². The van der Waals surface area contributed by atoms with Gasteiger partial charge in [-0.1, -0.05) is 29.8 Å². The van der Waals surface area contributed by atoms with Gasteiger partial charge in [0.15, 0.2) is 0 Å². The Morgan fingerprint density at radius 2 is 2.39 bits per heavy atom. The third-order valence-electron chi connectivity index (χ3n) is 3.30. The molecule has 1 saturated heterocycles. The van der Waals surface area contributed by atoms with Gasteiger partial charge >= 0.3 is 0 Å². The average molecular weight is 247 g/mol. The first-order valence-electron chi connectivity index (χ1n) is 6.64. The lowest BCUT2D eigenvalue weighted by atomic mass is 9.98. The zero-order valence-corrected chi connectivity index (χ0v) is 10.9. The summed E-state index contributed by atoms with van der Waals surface area (Å²) in [5.74, 6) is 0.531. The van der Waals surface area contributed by atoms with E-state index in [9.17, 15) is 4.79 Å². The molecular weight excluding hydrogens is 226 g/mol. The molecule has 1 aliphatic heterocycles. The smallest absolute Gasteiger partial charge is 0.220 e. The molecule has 0 spiro atoms.